The maximum atomic E-state index is 12.9. The highest BCUT2D eigenvalue weighted by molar-refractivity contribution is 5.72. The number of carbonyl (C=O) groups excluding carboxylic acids is 3. The summed E-state index contributed by atoms with van der Waals surface area (Å²) in [5, 5.41) is 0. The van der Waals surface area contributed by atoms with Gasteiger partial charge < -0.3 is 14.2 Å². The zero-order valence-electron chi connectivity index (χ0n) is 52.3. The minimum Gasteiger partial charge on any atom is -0.462 e. The normalized spacial score (nSPS) is 12.9. The molecule has 0 saturated carbocycles. The summed E-state index contributed by atoms with van der Waals surface area (Å²) < 4.78 is 16.8. The van der Waals surface area contributed by atoms with Gasteiger partial charge in [0.15, 0.2) is 6.10 Å². The molecule has 0 radical (unpaired) electrons. The second-order valence-electron chi connectivity index (χ2n) is 22.0. The van der Waals surface area contributed by atoms with E-state index in [0.29, 0.717) is 12.8 Å². The van der Waals surface area contributed by atoms with Crippen molar-refractivity contribution >= 4 is 17.9 Å². The molecule has 0 aliphatic heterocycles. The molecule has 0 spiro atoms. The van der Waals surface area contributed by atoms with Crippen molar-refractivity contribution < 1.29 is 28.6 Å². The molecule has 6 heteroatoms. The van der Waals surface area contributed by atoms with Crippen molar-refractivity contribution in [3.05, 3.63) is 122 Å². The van der Waals surface area contributed by atoms with E-state index in [1.54, 1.807) is 6.08 Å². The van der Waals surface area contributed by atoms with Crippen molar-refractivity contribution in [2.24, 2.45) is 0 Å². The summed E-state index contributed by atoms with van der Waals surface area (Å²) in [5.41, 5.74) is 0. The first kappa shape index (κ1) is 75.8. The summed E-state index contributed by atoms with van der Waals surface area (Å²) in [6, 6.07) is 0. The number of allylic oxidation sites excluding steroid dienone is 19. The van der Waals surface area contributed by atoms with Crippen molar-refractivity contribution in [3.63, 3.8) is 0 Å². The Hall–Kier alpha value is -4.19. The molecule has 0 saturated heterocycles. The standard InChI is InChI=1S/C74H124O6/c1-4-7-10-13-16-19-22-25-28-30-32-33-34-35-36-37-38-39-40-41-42-44-46-49-52-55-58-61-64-67-73(76)79-70-71(69-78-72(75)66-63-60-57-54-51-48-45-27-24-21-18-15-12-9-6-3)80-74(77)68-65-62-59-56-53-50-47-43-31-29-26-23-20-17-14-11-8-5-2/h7,9-10,12,16,18-19,21,25,27-28,32-33,35-36,45,51,54,60,63,71H,4-6,8,11,13-15,17,20,22-24,26,29-31,34,37-44,46-50,52-53,55-59,61-62,64-70H2,1-3H3/b10-7-,12-9-,19-16-,21-18-,28-25-,33-32-,36-35-,45-27-,54-51-,63-60-. The summed E-state index contributed by atoms with van der Waals surface area (Å²) in [6.45, 7) is 6.36. The molecule has 456 valence electrons. The Bertz CT molecular complexity index is 1650. The first-order valence-corrected chi connectivity index (χ1v) is 33.5. The van der Waals surface area contributed by atoms with E-state index >= 15 is 0 Å². The molecule has 0 heterocycles. The second kappa shape index (κ2) is 67.3. The highest BCUT2D eigenvalue weighted by Crippen LogP contribution is 2.17. The zero-order chi connectivity index (χ0) is 57.8. The molecular formula is C74H124O6. The number of unbranched alkanes of at least 4 members (excludes halogenated alkanes) is 30. The van der Waals surface area contributed by atoms with Gasteiger partial charge in [0.1, 0.15) is 13.2 Å². The molecule has 6 nitrogen and oxygen atoms in total. The Morgan fingerprint density at radius 1 is 0.275 bits per heavy atom. The fourth-order valence-electron chi connectivity index (χ4n) is 9.31. The first-order chi connectivity index (χ1) is 39.5. The van der Waals surface area contributed by atoms with Crippen molar-refractivity contribution in [2.75, 3.05) is 13.2 Å². The Labute approximate surface area is 494 Å². The van der Waals surface area contributed by atoms with Crippen molar-refractivity contribution in [1.82, 2.24) is 0 Å². The lowest BCUT2D eigenvalue weighted by Gasteiger charge is -2.18. The summed E-state index contributed by atoms with van der Waals surface area (Å²) in [7, 11) is 0. The van der Waals surface area contributed by atoms with E-state index in [-0.39, 0.29) is 31.6 Å². The third-order valence-electron chi connectivity index (χ3n) is 14.2. The van der Waals surface area contributed by atoms with Crippen LogP contribution in [-0.4, -0.2) is 37.2 Å². The van der Waals surface area contributed by atoms with Crippen LogP contribution in [0.1, 0.15) is 310 Å². The van der Waals surface area contributed by atoms with Gasteiger partial charge in [-0.05, 0) is 89.9 Å². The molecule has 1 atom stereocenters. The smallest absolute Gasteiger partial charge is 0.309 e. The van der Waals surface area contributed by atoms with Gasteiger partial charge in [-0.3, -0.25) is 14.4 Å². The van der Waals surface area contributed by atoms with E-state index < -0.39 is 12.1 Å². The van der Waals surface area contributed by atoms with Crippen LogP contribution < -0.4 is 0 Å². The molecule has 0 rings (SSSR count). The van der Waals surface area contributed by atoms with Crippen molar-refractivity contribution in [1.29, 1.82) is 0 Å². The van der Waals surface area contributed by atoms with E-state index in [1.807, 2.05) is 6.08 Å². The number of hydrogen-bond acceptors (Lipinski definition) is 6. The monoisotopic (exact) mass is 1110 g/mol. The Balaban J connectivity index is 4.34. The van der Waals surface area contributed by atoms with Gasteiger partial charge in [0.05, 0.1) is 6.42 Å². The van der Waals surface area contributed by atoms with E-state index in [2.05, 4.69) is 130 Å². The van der Waals surface area contributed by atoms with Gasteiger partial charge in [0.2, 0.25) is 0 Å². The highest BCUT2D eigenvalue weighted by atomic mass is 16.6. The molecule has 1 unspecified atom stereocenters. The maximum absolute atomic E-state index is 12.9. The summed E-state index contributed by atoms with van der Waals surface area (Å²) in [6.07, 6.45) is 93.9. The van der Waals surface area contributed by atoms with Crippen LogP contribution in [0.25, 0.3) is 0 Å². The van der Waals surface area contributed by atoms with E-state index in [4.69, 9.17) is 14.2 Å². The Morgan fingerprint density at radius 2 is 0.537 bits per heavy atom. The van der Waals surface area contributed by atoms with E-state index in [1.165, 1.54) is 167 Å². The molecule has 0 amide bonds. The van der Waals surface area contributed by atoms with E-state index in [9.17, 15) is 14.4 Å². The Kier molecular flexibility index (Phi) is 63.8. The van der Waals surface area contributed by atoms with Gasteiger partial charge in [0, 0.05) is 12.8 Å². The lowest BCUT2D eigenvalue weighted by Crippen LogP contribution is -2.30. The minimum absolute atomic E-state index is 0.107. The van der Waals surface area contributed by atoms with Gasteiger partial charge >= 0.3 is 17.9 Å². The van der Waals surface area contributed by atoms with Gasteiger partial charge in [-0.15, -0.1) is 0 Å². The molecule has 0 bridgehead atoms. The molecule has 80 heavy (non-hydrogen) atoms. The molecule has 0 aliphatic carbocycles. The second-order valence-corrected chi connectivity index (χ2v) is 22.0. The fraction of sp³-hybridized carbons (Fsp3) is 0.689. The zero-order valence-corrected chi connectivity index (χ0v) is 52.3. The molecule has 0 aliphatic rings. The van der Waals surface area contributed by atoms with Gasteiger partial charge in [0.25, 0.3) is 0 Å². The quantitative estimate of drug-likeness (QED) is 0.0261. The largest absolute Gasteiger partial charge is 0.462 e. The topological polar surface area (TPSA) is 78.9 Å². The average Bonchev–Trinajstić information content (AvgIpc) is 3.46. The van der Waals surface area contributed by atoms with Crippen LogP contribution in [0.5, 0.6) is 0 Å². The van der Waals surface area contributed by atoms with Crippen LogP contribution in [0.2, 0.25) is 0 Å². The number of ether oxygens (including phenoxy) is 3. The lowest BCUT2D eigenvalue weighted by atomic mass is 10.0. The Morgan fingerprint density at radius 3 is 0.875 bits per heavy atom. The van der Waals surface area contributed by atoms with Crippen LogP contribution in [0, 0.1) is 0 Å². The van der Waals surface area contributed by atoms with Crippen LogP contribution in [0.15, 0.2) is 122 Å². The summed E-state index contributed by atoms with van der Waals surface area (Å²) in [5.74, 6) is -1.03. The summed E-state index contributed by atoms with van der Waals surface area (Å²) >= 11 is 0. The molecule has 0 N–H and O–H groups in total. The summed E-state index contributed by atoms with van der Waals surface area (Å²) in [4.78, 5) is 38.3. The molecule has 0 aromatic carbocycles. The number of rotatable bonds is 60. The van der Waals surface area contributed by atoms with Gasteiger partial charge in [-0.25, -0.2) is 0 Å². The molecule has 0 aromatic heterocycles. The van der Waals surface area contributed by atoms with Crippen molar-refractivity contribution in [3.8, 4) is 0 Å². The molecular weight excluding hydrogens is 985 g/mol. The maximum Gasteiger partial charge on any atom is 0.309 e. The van der Waals surface area contributed by atoms with Gasteiger partial charge in [-0.1, -0.05) is 322 Å². The average molecular weight is 1110 g/mol. The predicted molar refractivity (Wildman–Crippen MR) is 348 cm³/mol. The minimum atomic E-state index is -0.820. The third kappa shape index (κ3) is 64.6. The molecule has 0 aromatic rings. The highest BCUT2D eigenvalue weighted by Gasteiger charge is 2.19. The first-order valence-electron chi connectivity index (χ1n) is 33.5. The van der Waals surface area contributed by atoms with Gasteiger partial charge in [-0.2, -0.15) is 0 Å². The number of carbonyl (C=O) groups is 3. The number of hydrogen-bond donors (Lipinski definition) is 0. The van der Waals surface area contributed by atoms with Crippen molar-refractivity contribution in [2.45, 2.75) is 316 Å². The van der Waals surface area contributed by atoms with Crippen LogP contribution in [-0.2, 0) is 28.6 Å². The van der Waals surface area contributed by atoms with E-state index in [0.717, 1.165) is 103 Å². The SMILES string of the molecule is CC/C=C\C/C=C\C/C=C\C/C=C\C/C=C\CCCCCCCCCCCCCCCC(=O)OCC(COC(=O)C/C=C\C/C=C\C/C=C\C/C=C\C/C=C\CC)OC(=O)CCCCCCCCCCCCCCCCCCCC. The van der Waals surface area contributed by atoms with Crippen LogP contribution >= 0.6 is 0 Å². The van der Waals surface area contributed by atoms with Crippen LogP contribution in [0.4, 0.5) is 0 Å². The third-order valence-corrected chi connectivity index (χ3v) is 14.2. The fourth-order valence-corrected chi connectivity index (χ4v) is 9.31. The number of esters is 3. The predicted octanol–water partition coefficient (Wildman–Crippen LogP) is 23.2. The lowest BCUT2D eigenvalue weighted by molar-refractivity contribution is -0.166. The van der Waals surface area contributed by atoms with Crippen LogP contribution in [0.3, 0.4) is 0 Å². The molecule has 0 fully saturated rings.